The number of thioether (sulfide) groups is 1. The van der Waals surface area contributed by atoms with Gasteiger partial charge in [-0.3, -0.25) is 4.68 Å². The van der Waals surface area contributed by atoms with Gasteiger partial charge >= 0.3 is 0 Å². The maximum absolute atomic E-state index is 4.43. The van der Waals surface area contributed by atoms with Crippen molar-refractivity contribution in [3.63, 3.8) is 0 Å². The molecule has 0 radical (unpaired) electrons. The molecule has 1 aliphatic heterocycles. The molecule has 0 bridgehead atoms. The zero-order valence-corrected chi connectivity index (χ0v) is 12.5. The van der Waals surface area contributed by atoms with E-state index < -0.39 is 0 Å². The minimum absolute atomic E-state index is 0.847. The molecule has 0 spiro atoms. The van der Waals surface area contributed by atoms with Gasteiger partial charge in [0.2, 0.25) is 0 Å². The van der Waals surface area contributed by atoms with Crippen LogP contribution >= 0.6 is 11.8 Å². The average Bonchev–Trinajstić information content (AvgIpc) is 3.12. The van der Waals surface area contributed by atoms with Gasteiger partial charge in [0, 0.05) is 18.3 Å². The van der Waals surface area contributed by atoms with Gasteiger partial charge in [0.25, 0.3) is 0 Å². The van der Waals surface area contributed by atoms with Crippen LogP contribution in [0.25, 0.3) is 0 Å². The fourth-order valence-electron chi connectivity index (χ4n) is 2.52. The van der Waals surface area contributed by atoms with Crippen LogP contribution in [0.1, 0.15) is 17.5 Å². The maximum Gasteiger partial charge on any atom is 0.0659 e. The predicted molar refractivity (Wildman–Crippen MR) is 84.9 cm³/mol. The van der Waals surface area contributed by atoms with E-state index in [4.69, 9.17) is 0 Å². The van der Waals surface area contributed by atoms with Gasteiger partial charge < -0.3 is 5.32 Å². The zero-order chi connectivity index (χ0) is 13.6. The molecule has 1 saturated heterocycles. The molecule has 1 aromatic heterocycles. The van der Waals surface area contributed by atoms with Gasteiger partial charge in [0.1, 0.15) is 0 Å². The van der Waals surface area contributed by atoms with Crippen molar-refractivity contribution in [1.82, 2.24) is 15.1 Å². The van der Waals surface area contributed by atoms with E-state index in [0.29, 0.717) is 0 Å². The van der Waals surface area contributed by atoms with E-state index in [1.165, 1.54) is 29.1 Å². The lowest BCUT2D eigenvalue weighted by atomic mass is 10.1. The highest BCUT2D eigenvalue weighted by molar-refractivity contribution is 7.99. The van der Waals surface area contributed by atoms with E-state index in [9.17, 15) is 0 Å². The lowest BCUT2D eigenvalue weighted by molar-refractivity contribution is 0.523. The standard InChI is InChI=1S/C16H21N3S/c1-2-4-14(5-3-1)11-19-12-16(10-18-19)9-17-8-15-6-7-20-13-15/h1-5,10,12,15,17H,6-9,11,13H2. The summed E-state index contributed by atoms with van der Waals surface area (Å²) in [5, 5.41) is 7.99. The van der Waals surface area contributed by atoms with E-state index >= 15 is 0 Å². The largest absolute Gasteiger partial charge is 0.312 e. The molecule has 4 heteroatoms. The lowest BCUT2D eigenvalue weighted by Gasteiger charge is -2.08. The number of nitrogens with one attached hydrogen (secondary N) is 1. The van der Waals surface area contributed by atoms with E-state index in [2.05, 4.69) is 52.6 Å². The fraction of sp³-hybridized carbons (Fsp3) is 0.438. The van der Waals surface area contributed by atoms with Crippen LogP contribution in [0.5, 0.6) is 0 Å². The molecule has 0 saturated carbocycles. The molecule has 20 heavy (non-hydrogen) atoms. The van der Waals surface area contributed by atoms with Crippen LogP contribution in [0.3, 0.4) is 0 Å². The van der Waals surface area contributed by atoms with E-state index in [1.807, 2.05) is 16.9 Å². The predicted octanol–water partition coefficient (Wildman–Crippen LogP) is 2.77. The van der Waals surface area contributed by atoms with Crippen molar-refractivity contribution in [2.75, 3.05) is 18.1 Å². The maximum atomic E-state index is 4.43. The molecule has 1 N–H and O–H groups in total. The number of aromatic nitrogens is 2. The number of nitrogens with zero attached hydrogens (tertiary/aromatic N) is 2. The first-order valence-electron chi connectivity index (χ1n) is 7.24. The third kappa shape index (κ3) is 3.87. The highest BCUT2D eigenvalue weighted by Crippen LogP contribution is 2.22. The number of hydrogen-bond donors (Lipinski definition) is 1. The number of hydrogen-bond acceptors (Lipinski definition) is 3. The second-order valence-electron chi connectivity index (χ2n) is 5.39. The summed E-state index contributed by atoms with van der Waals surface area (Å²) in [6.07, 6.45) is 5.48. The summed E-state index contributed by atoms with van der Waals surface area (Å²) in [5.41, 5.74) is 2.56. The van der Waals surface area contributed by atoms with Gasteiger partial charge in [-0.25, -0.2) is 0 Å². The molecule has 1 fully saturated rings. The van der Waals surface area contributed by atoms with Gasteiger partial charge in [-0.05, 0) is 36.0 Å². The van der Waals surface area contributed by atoms with Crippen LogP contribution in [0.4, 0.5) is 0 Å². The summed E-state index contributed by atoms with van der Waals surface area (Å²) in [4.78, 5) is 0. The highest BCUT2D eigenvalue weighted by Gasteiger charge is 2.14. The number of benzene rings is 1. The van der Waals surface area contributed by atoms with Crippen molar-refractivity contribution in [3.8, 4) is 0 Å². The Kier molecular flexibility index (Phi) is 4.77. The number of rotatable bonds is 6. The Balaban J connectivity index is 1.46. The van der Waals surface area contributed by atoms with Crippen LogP contribution in [-0.2, 0) is 13.1 Å². The van der Waals surface area contributed by atoms with Gasteiger partial charge in [-0.2, -0.15) is 16.9 Å². The highest BCUT2D eigenvalue weighted by atomic mass is 32.2. The van der Waals surface area contributed by atoms with Crippen molar-refractivity contribution in [1.29, 1.82) is 0 Å². The summed E-state index contributed by atoms with van der Waals surface area (Å²) in [6, 6.07) is 10.5. The van der Waals surface area contributed by atoms with Crippen LogP contribution in [-0.4, -0.2) is 27.8 Å². The van der Waals surface area contributed by atoms with Gasteiger partial charge in [0.05, 0.1) is 12.7 Å². The Bertz CT molecular complexity index is 518. The van der Waals surface area contributed by atoms with Gasteiger partial charge in [-0.1, -0.05) is 30.3 Å². The Hall–Kier alpha value is -1.26. The molecule has 3 rings (SSSR count). The van der Waals surface area contributed by atoms with E-state index in [-0.39, 0.29) is 0 Å². The first kappa shape index (κ1) is 13.7. The molecular formula is C16H21N3S. The molecule has 2 heterocycles. The van der Waals surface area contributed by atoms with Gasteiger partial charge in [-0.15, -0.1) is 0 Å². The molecule has 1 unspecified atom stereocenters. The quantitative estimate of drug-likeness (QED) is 0.886. The SMILES string of the molecule is c1ccc(Cn2cc(CNCC3CCSC3)cn2)cc1. The normalized spacial score (nSPS) is 18.5. The molecule has 2 aromatic rings. The molecular weight excluding hydrogens is 266 g/mol. The Morgan fingerprint density at radius 2 is 2.15 bits per heavy atom. The summed E-state index contributed by atoms with van der Waals surface area (Å²) in [7, 11) is 0. The Labute approximate surface area is 124 Å². The smallest absolute Gasteiger partial charge is 0.0659 e. The summed E-state index contributed by atoms with van der Waals surface area (Å²) in [5.74, 6) is 3.51. The minimum Gasteiger partial charge on any atom is -0.312 e. The van der Waals surface area contributed by atoms with Crippen molar-refractivity contribution in [2.24, 2.45) is 5.92 Å². The molecule has 1 aromatic carbocycles. The van der Waals surface area contributed by atoms with Crippen molar-refractivity contribution in [3.05, 3.63) is 53.9 Å². The van der Waals surface area contributed by atoms with Crippen molar-refractivity contribution in [2.45, 2.75) is 19.5 Å². The van der Waals surface area contributed by atoms with Gasteiger partial charge in [0.15, 0.2) is 0 Å². The van der Waals surface area contributed by atoms with Crippen LogP contribution < -0.4 is 5.32 Å². The van der Waals surface area contributed by atoms with E-state index in [0.717, 1.165) is 25.6 Å². The topological polar surface area (TPSA) is 29.9 Å². The molecule has 0 aliphatic carbocycles. The summed E-state index contributed by atoms with van der Waals surface area (Å²) in [6.45, 7) is 2.91. The summed E-state index contributed by atoms with van der Waals surface area (Å²) >= 11 is 2.08. The molecule has 1 atom stereocenters. The first-order chi connectivity index (χ1) is 9.90. The molecule has 0 amide bonds. The fourth-order valence-corrected chi connectivity index (χ4v) is 3.80. The van der Waals surface area contributed by atoms with E-state index in [1.54, 1.807) is 0 Å². The minimum atomic E-state index is 0.847. The van der Waals surface area contributed by atoms with Crippen LogP contribution in [0, 0.1) is 5.92 Å². The van der Waals surface area contributed by atoms with Crippen molar-refractivity contribution >= 4 is 11.8 Å². The summed E-state index contributed by atoms with van der Waals surface area (Å²) < 4.78 is 2.01. The second kappa shape index (κ2) is 6.95. The second-order valence-corrected chi connectivity index (χ2v) is 6.54. The monoisotopic (exact) mass is 287 g/mol. The Morgan fingerprint density at radius 1 is 1.25 bits per heavy atom. The zero-order valence-electron chi connectivity index (χ0n) is 11.7. The van der Waals surface area contributed by atoms with Crippen molar-refractivity contribution < 1.29 is 0 Å². The van der Waals surface area contributed by atoms with Crippen LogP contribution in [0.2, 0.25) is 0 Å². The molecule has 3 nitrogen and oxygen atoms in total. The lowest BCUT2D eigenvalue weighted by Crippen LogP contribution is -2.22. The molecule has 1 aliphatic rings. The third-order valence-electron chi connectivity index (χ3n) is 3.66. The Morgan fingerprint density at radius 3 is 2.95 bits per heavy atom. The van der Waals surface area contributed by atoms with Crippen LogP contribution in [0.15, 0.2) is 42.7 Å². The first-order valence-corrected chi connectivity index (χ1v) is 8.39. The molecule has 106 valence electrons. The average molecular weight is 287 g/mol. The third-order valence-corrected chi connectivity index (χ3v) is 4.89.